The Balaban J connectivity index is 1.72. The van der Waals surface area contributed by atoms with E-state index in [1.807, 2.05) is 6.07 Å². The van der Waals surface area contributed by atoms with E-state index >= 15 is 0 Å². The summed E-state index contributed by atoms with van der Waals surface area (Å²) >= 11 is 0. The van der Waals surface area contributed by atoms with Crippen molar-refractivity contribution in [1.82, 2.24) is 4.90 Å². The summed E-state index contributed by atoms with van der Waals surface area (Å²) in [4.78, 5) is 14.7. The van der Waals surface area contributed by atoms with E-state index in [0.29, 0.717) is 25.3 Å². The SMILES string of the molecule is Cc1ccc(NC(=O)c2cccc(CN3CCOCC3)c2)cc1C(F)(F)F. The summed E-state index contributed by atoms with van der Waals surface area (Å²) in [6.45, 7) is 5.14. The first-order valence-corrected chi connectivity index (χ1v) is 8.71. The van der Waals surface area contributed by atoms with Crippen LogP contribution in [0.5, 0.6) is 0 Å². The molecule has 0 aliphatic carbocycles. The summed E-state index contributed by atoms with van der Waals surface area (Å²) in [6.07, 6.45) is -4.46. The first-order chi connectivity index (χ1) is 12.8. The Morgan fingerprint density at radius 3 is 2.59 bits per heavy atom. The van der Waals surface area contributed by atoms with Crippen molar-refractivity contribution in [2.75, 3.05) is 31.6 Å². The molecule has 7 heteroatoms. The van der Waals surface area contributed by atoms with E-state index in [1.54, 1.807) is 18.2 Å². The van der Waals surface area contributed by atoms with E-state index in [2.05, 4.69) is 10.2 Å². The number of benzene rings is 2. The van der Waals surface area contributed by atoms with Crippen LogP contribution in [0.15, 0.2) is 42.5 Å². The number of carbonyl (C=O) groups excluding carboxylic acids is 1. The number of hydrogen-bond donors (Lipinski definition) is 1. The number of rotatable bonds is 4. The first-order valence-electron chi connectivity index (χ1n) is 8.71. The molecule has 0 unspecified atom stereocenters. The van der Waals surface area contributed by atoms with Crippen molar-refractivity contribution in [3.05, 3.63) is 64.7 Å². The minimum absolute atomic E-state index is 0.119. The van der Waals surface area contributed by atoms with Crippen molar-refractivity contribution in [1.29, 1.82) is 0 Å². The number of aryl methyl sites for hydroxylation is 1. The Morgan fingerprint density at radius 1 is 1.15 bits per heavy atom. The minimum Gasteiger partial charge on any atom is -0.379 e. The van der Waals surface area contributed by atoms with Gasteiger partial charge in [-0.05, 0) is 42.3 Å². The Hall–Kier alpha value is -2.38. The average molecular weight is 378 g/mol. The monoisotopic (exact) mass is 378 g/mol. The Kier molecular flexibility index (Phi) is 5.82. The molecule has 1 fully saturated rings. The van der Waals surface area contributed by atoms with Gasteiger partial charge in [0.25, 0.3) is 5.91 Å². The molecular weight excluding hydrogens is 357 g/mol. The third-order valence-electron chi connectivity index (χ3n) is 4.50. The van der Waals surface area contributed by atoms with Crippen LogP contribution in [-0.4, -0.2) is 37.1 Å². The molecule has 2 aromatic carbocycles. The highest BCUT2D eigenvalue weighted by Crippen LogP contribution is 2.33. The second-order valence-corrected chi connectivity index (χ2v) is 6.57. The van der Waals surface area contributed by atoms with Gasteiger partial charge in [-0.3, -0.25) is 9.69 Å². The van der Waals surface area contributed by atoms with Crippen LogP contribution >= 0.6 is 0 Å². The van der Waals surface area contributed by atoms with Gasteiger partial charge in [-0.1, -0.05) is 18.2 Å². The van der Waals surface area contributed by atoms with Gasteiger partial charge in [0, 0.05) is 30.9 Å². The van der Waals surface area contributed by atoms with E-state index in [0.717, 1.165) is 24.7 Å². The number of anilines is 1. The van der Waals surface area contributed by atoms with Gasteiger partial charge in [0.15, 0.2) is 0 Å². The number of amides is 1. The molecule has 3 rings (SSSR count). The van der Waals surface area contributed by atoms with Crippen molar-refractivity contribution in [3.63, 3.8) is 0 Å². The lowest BCUT2D eigenvalue weighted by Crippen LogP contribution is -2.35. The van der Waals surface area contributed by atoms with Crippen LogP contribution in [0.1, 0.15) is 27.0 Å². The van der Waals surface area contributed by atoms with Gasteiger partial charge < -0.3 is 10.1 Å². The molecule has 0 aromatic heterocycles. The molecule has 1 aliphatic heterocycles. The average Bonchev–Trinajstić information content (AvgIpc) is 2.63. The van der Waals surface area contributed by atoms with E-state index < -0.39 is 17.6 Å². The summed E-state index contributed by atoms with van der Waals surface area (Å²) in [5.74, 6) is -0.434. The topological polar surface area (TPSA) is 41.6 Å². The molecular formula is C20H21F3N2O2. The fraction of sp³-hybridized carbons (Fsp3) is 0.350. The van der Waals surface area contributed by atoms with Crippen LogP contribution in [0, 0.1) is 6.92 Å². The molecule has 2 aromatic rings. The highest BCUT2D eigenvalue weighted by Gasteiger charge is 2.32. The lowest BCUT2D eigenvalue weighted by molar-refractivity contribution is -0.138. The van der Waals surface area contributed by atoms with Gasteiger partial charge in [0.2, 0.25) is 0 Å². The van der Waals surface area contributed by atoms with Crippen molar-refractivity contribution >= 4 is 11.6 Å². The second-order valence-electron chi connectivity index (χ2n) is 6.57. The largest absolute Gasteiger partial charge is 0.416 e. The molecule has 1 aliphatic rings. The zero-order chi connectivity index (χ0) is 19.4. The van der Waals surface area contributed by atoms with Gasteiger partial charge in [0.1, 0.15) is 0 Å². The summed E-state index contributed by atoms with van der Waals surface area (Å²) < 4.78 is 44.4. The van der Waals surface area contributed by atoms with Crippen LogP contribution in [0.3, 0.4) is 0 Å². The lowest BCUT2D eigenvalue weighted by atomic mass is 10.1. The summed E-state index contributed by atoms with van der Waals surface area (Å²) in [7, 11) is 0. The Labute approximate surface area is 155 Å². The van der Waals surface area contributed by atoms with Gasteiger partial charge in [-0.25, -0.2) is 0 Å². The maximum absolute atomic E-state index is 13.0. The third-order valence-corrected chi connectivity index (χ3v) is 4.50. The number of alkyl halides is 3. The van der Waals surface area contributed by atoms with Crippen LogP contribution < -0.4 is 5.32 Å². The Bertz CT molecular complexity index is 815. The number of nitrogens with zero attached hydrogens (tertiary/aromatic N) is 1. The molecule has 0 saturated carbocycles. The molecule has 0 spiro atoms. The first kappa shape index (κ1) is 19.4. The molecule has 1 N–H and O–H groups in total. The molecule has 0 bridgehead atoms. The van der Waals surface area contributed by atoms with E-state index in [-0.39, 0.29) is 11.3 Å². The van der Waals surface area contributed by atoms with Gasteiger partial charge in [-0.2, -0.15) is 13.2 Å². The summed E-state index contributed by atoms with van der Waals surface area (Å²) in [5.41, 5.74) is 0.880. The maximum atomic E-state index is 13.0. The van der Waals surface area contributed by atoms with Crippen molar-refractivity contribution < 1.29 is 22.7 Å². The normalized spacial score (nSPS) is 15.6. The number of nitrogens with one attached hydrogen (secondary N) is 1. The van der Waals surface area contributed by atoms with Crippen molar-refractivity contribution in [2.24, 2.45) is 0 Å². The smallest absolute Gasteiger partial charge is 0.379 e. The van der Waals surface area contributed by atoms with Crippen molar-refractivity contribution in [3.8, 4) is 0 Å². The molecule has 1 heterocycles. The zero-order valence-corrected chi connectivity index (χ0v) is 15.0. The van der Waals surface area contributed by atoms with E-state index in [9.17, 15) is 18.0 Å². The van der Waals surface area contributed by atoms with Crippen LogP contribution in [0.25, 0.3) is 0 Å². The van der Waals surface area contributed by atoms with Gasteiger partial charge in [-0.15, -0.1) is 0 Å². The van der Waals surface area contributed by atoms with Crippen LogP contribution in [-0.2, 0) is 17.5 Å². The molecule has 27 heavy (non-hydrogen) atoms. The quantitative estimate of drug-likeness (QED) is 0.871. The predicted molar refractivity (Wildman–Crippen MR) is 96.7 cm³/mol. The molecule has 1 saturated heterocycles. The predicted octanol–water partition coefficient (Wildman–Crippen LogP) is 4.10. The zero-order valence-electron chi connectivity index (χ0n) is 15.0. The highest BCUT2D eigenvalue weighted by molar-refractivity contribution is 6.04. The van der Waals surface area contributed by atoms with Crippen LogP contribution in [0.2, 0.25) is 0 Å². The van der Waals surface area contributed by atoms with E-state index in [4.69, 9.17) is 4.74 Å². The van der Waals surface area contributed by atoms with E-state index in [1.165, 1.54) is 19.1 Å². The minimum atomic E-state index is -4.46. The number of ether oxygens (including phenoxy) is 1. The molecule has 4 nitrogen and oxygen atoms in total. The van der Waals surface area contributed by atoms with Gasteiger partial charge in [0.05, 0.1) is 18.8 Å². The van der Waals surface area contributed by atoms with Crippen molar-refractivity contribution in [2.45, 2.75) is 19.6 Å². The molecule has 0 atom stereocenters. The second kappa shape index (κ2) is 8.10. The summed E-state index contributed by atoms with van der Waals surface area (Å²) in [6, 6.07) is 10.9. The number of halogens is 3. The van der Waals surface area contributed by atoms with Crippen LogP contribution in [0.4, 0.5) is 18.9 Å². The number of carbonyl (C=O) groups is 1. The fourth-order valence-corrected chi connectivity index (χ4v) is 3.04. The third kappa shape index (κ3) is 5.08. The standard InChI is InChI=1S/C20H21F3N2O2/c1-14-5-6-17(12-18(14)20(21,22)23)24-19(26)16-4-2-3-15(11-16)13-25-7-9-27-10-8-25/h2-6,11-12H,7-10,13H2,1H3,(H,24,26). The summed E-state index contributed by atoms with van der Waals surface area (Å²) in [5, 5.41) is 2.56. The molecule has 0 radical (unpaired) electrons. The number of hydrogen-bond acceptors (Lipinski definition) is 3. The van der Waals surface area contributed by atoms with Gasteiger partial charge >= 0.3 is 6.18 Å². The molecule has 1 amide bonds. The maximum Gasteiger partial charge on any atom is 0.416 e. The highest BCUT2D eigenvalue weighted by atomic mass is 19.4. The lowest BCUT2D eigenvalue weighted by Gasteiger charge is -2.26. The number of morpholine rings is 1. The molecule has 144 valence electrons. The Morgan fingerprint density at radius 2 is 1.89 bits per heavy atom. The fourth-order valence-electron chi connectivity index (χ4n) is 3.04.